The monoisotopic (exact) mass is 351 g/mol. The lowest BCUT2D eigenvalue weighted by Crippen LogP contribution is -2.20. The van der Waals surface area contributed by atoms with Crippen LogP contribution in [0.2, 0.25) is 0 Å². The minimum atomic E-state index is -4.96. The Hall–Kier alpha value is -2.19. The van der Waals surface area contributed by atoms with Gasteiger partial charge in [-0.25, -0.2) is 0 Å². The van der Waals surface area contributed by atoms with Crippen LogP contribution in [0.5, 0.6) is 0 Å². The lowest BCUT2D eigenvalue weighted by molar-refractivity contribution is -0.144. The average molecular weight is 351 g/mol. The molecule has 1 atom stereocenters. The Balaban J connectivity index is 2.62. The molecule has 3 nitrogen and oxygen atoms in total. The molecule has 2 rings (SSSR count). The number of hydrogen-bond donors (Lipinski definition) is 1. The van der Waals surface area contributed by atoms with E-state index in [9.17, 15) is 26.3 Å². The third-order valence-corrected chi connectivity index (χ3v) is 3.68. The van der Waals surface area contributed by atoms with Gasteiger partial charge < -0.3 is 5.73 Å². The van der Waals surface area contributed by atoms with Crippen molar-refractivity contribution in [3.63, 3.8) is 0 Å². The maximum atomic E-state index is 13.2. The minimum Gasteiger partial charge on any atom is -0.399 e. The number of nitrogen functional groups attached to an aromatic ring is 1. The van der Waals surface area contributed by atoms with E-state index < -0.39 is 29.8 Å². The van der Waals surface area contributed by atoms with E-state index in [4.69, 9.17) is 5.73 Å². The molecule has 0 saturated carbocycles. The van der Waals surface area contributed by atoms with E-state index in [2.05, 4.69) is 5.10 Å². The van der Waals surface area contributed by atoms with Gasteiger partial charge in [0, 0.05) is 11.8 Å². The van der Waals surface area contributed by atoms with E-state index in [-0.39, 0.29) is 12.5 Å². The van der Waals surface area contributed by atoms with Gasteiger partial charge in [0.15, 0.2) is 5.69 Å². The van der Waals surface area contributed by atoms with Crippen LogP contribution in [-0.2, 0) is 12.4 Å². The highest BCUT2D eigenvalue weighted by molar-refractivity contribution is 5.48. The van der Waals surface area contributed by atoms with Crippen molar-refractivity contribution in [3.8, 4) is 0 Å². The Bertz CT molecular complexity index is 730. The summed E-state index contributed by atoms with van der Waals surface area (Å²) < 4.78 is 78.3. The summed E-state index contributed by atoms with van der Waals surface area (Å²) in [5.41, 5.74) is 4.16. The Morgan fingerprint density at radius 1 is 1.08 bits per heavy atom. The maximum Gasteiger partial charge on any atom is 0.435 e. The Kier molecular flexibility index (Phi) is 4.56. The highest BCUT2D eigenvalue weighted by atomic mass is 19.4. The molecule has 1 aromatic carbocycles. The second kappa shape index (κ2) is 6.03. The van der Waals surface area contributed by atoms with Crippen molar-refractivity contribution in [2.24, 2.45) is 0 Å². The van der Waals surface area contributed by atoms with Crippen molar-refractivity contribution in [3.05, 3.63) is 46.8 Å². The summed E-state index contributed by atoms with van der Waals surface area (Å²) in [6.07, 6.45) is -9.78. The average Bonchev–Trinajstić information content (AvgIpc) is 2.88. The molecule has 2 aromatic rings. The van der Waals surface area contributed by atoms with Gasteiger partial charge in [-0.2, -0.15) is 31.4 Å². The third kappa shape index (κ3) is 3.49. The lowest BCUT2D eigenvalue weighted by atomic mass is 10.0. The molecule has 0 aliphatic rings. The molecule has 24 heavy (non-hydrogen) atoms. The van der Waals surface area contributed by atoms with Gasteiger partial charge in [-0.05, 0) is 30.5 Å². The number of nitrogens with zero attached hydrogens (tertiary/aromatic N) is 2. The summed E-state index contributed by atoms with van der Waals surface area (Å²) in [6, 6.07) is 3.60. The fourth-order valence-electron chi connectivity index (χ4n) is 2.44. The quantitative estimate of drug-likeness (QED) is 0.637. The predicted octanol–water partition coefficient (Wildman–Crippen LogP) is 4.81. The van der Waals surface area contributed by atoms with Crippen LogP contribution in [0.25, 0.3) is 0 Å². The van der Waals surface area contributed by atoms with Gasteiger partial charge in [0.2, 0.25) is 0 Å². The van der Waals surface area contributed by atoms with Gasteiger partial charge in [0.25, 0.3) is 0 Å². The van der Waals surface area contributed by atoms with Crippen molar-refractivity contribution < 1.29 is 26.3 Å². The second-order valence-electron chi connectivity index (χ2n) is 5.39. The van der Waals surface area contributed by atoms with Crippen LogP contribution in [0.1, 0.15) is 41.9 Å². The Morgan fingerprint density at radius 3 is 2.17 bits per heavy atom. The number of halogens is 6. The number of alkyl halides is 6. The number of aryl methyl sites for hydroxylation is 1. The van der Waals surface area contributed by atoms with Gasteiger partial charge in [0.05, 0.1) is 6.04 Å². The molecule has 0 aliphatic carbocycles. The molecule has 0 bridgehead atoms. The molecule has 0 aliphatic heterocycles. The largest absolute Gasteiger partial charge is 0.435 e. The van der Waals surface area contributed by atoms with Gasteiger partial charge in [0.1, 0.15) is 5.69 Å². The van der Waals surface area contributed by atoms with E-state index in [0.717, 1.165) is 0 Å². The van der Waals surface area contributed by atoms with Crippen LogP contribution >= 0.6 is 0 Å². The van der Waals surface area contributed by atoms with Crippen molar-refractivity contribution in [2.75, 3.05) is 5.73 Å². The second-order valence-corrected chi connectivity index (χ2v) is 5.39. The molecule has 9 heteroatoms. The Labute approximate surface area is 134 Å². The first-order valence-electron chi connectivity index (χ1n) is 7.05. The van der Waals surface area contributed by atoms with Crippen molar-refractivity contribution in [1.82, 2.24) is 9.78 Å². The number of anilines is 1. The van der Waals surface area contributed by atoms with E-state index >= 15 is 0 Å². The zero-order valence-corrected chi connectivity index (χ0v) is 12.8. The molecule has 1 unspecified atom stereocenters. The van der Waals surface area contributed by atoms with Crippen molar-refractivity contribution in [1.29, 1.82) is 0 Å². The standard InChI is InChI=1S/C15H15F6N3/c1-3-11(9-4-5-10(22)8(2)6-9)24-13(15(19,20)21)7-12(23-24)14(16,17)18/h4-7,11H,3,22H2,1-2H3. The van der Waals surface area contributed by atoms with E-state index in [1.54, 1.807) is 19.9 Å². The molecule has 132 valence electrons. The fraction of sp³-hybridized carbons (Fsp3) is 0.400. The van der Waals surface area contributed by atoms with Crippen LogP contribution < -0.4 is 5.73 Å². The summed E-state index contributed by atoms with van der Waals surface area (Å²) in [5, 5.41) is 3.19. The van der Waals surface area contributed by atoms with Crippen LogP contribution in [0.3, 0.4) is 0 Å². The fourth-order valence-corrected chi connectivity index (χ4v) is 2.44. The topological polar surface area (TPSA) is 43.8 Å². The van der Waals surface area contributed by atoms with Gasteiger partial charge in [-0.15, -0.1) is 0 Å². The molecular weight excluding hydrogens is 336 g/mol. The minimum absolute atomic E-state index is 0.0345. The molecule has 1 heterocycles. The number of nitrogens with two attached hydrogens (primary N) is 1. The molecule has 0 amide bonds. The molecule has 2 N–H and O–H groups in total. The van der Waals surface area contributed by atoms with Crippen molar-refractivity contribution in [2.45, 2.75) is 38.7 Å². The van der Waals surface area contributed by atoms with E-state index in [0.29, 0.717) is 21.5 Å². The normalized spacial score (nSPS) is 14.0. The number of rotatable bonds is 3. The predicted molar refractivity (Wildman–Crippen MR) is 76.3 cm³/mol. The molecule has 0 spiro atoms. The number of benzene rings is 1. The van der Waals surface area contributed by atoms with Gasteiger partial charge >= 0.3 is 12.4 Å². The zero-order valence-electron chi connectivity index (χ0n) is 12.8. The molecule has 0 radical (unpaired) electrons. The van der Waals surface area contributed by atoms with Crippen LogP contribution in [-0.4, -0.2) is 9.78 Å². The lowest BCUT2D eigenvalue weighted by Gasteiger charge is -2.21. The van der Waals surface area contributed by atoms with E-state index in [1.165, 1.54) is 12.1 Å². The number of hydrogen-bond acceptors (Lipinski definition) is 2. The van der Waals surface area contributed by atoms with Gasteiger partial charge in [-0.1, -0.05) is 19.1 Å². The third-order valence-electron chi connectivity index (χ3n) is 3.68. The molecular formula is C15H15F6N3. The Morgan fingerprint density at radius 2 is 1.71 bits per heavy atom. The van der Waals surface area contributed by atoms with E-state index in [1.807, 2.05) is 0 Å². The summed E-state index contributed by atoms with van der Waals surface area (Å²) in [6.45, 7) is 3.24. The summed E-state index contributed by atoms with van der Waals surface area (Å²) in [5.74, 6) is 0. The highest BCUT2D eigenvalue weighted by Crippen LogP contribution is 2.38. The zero-order chi connectivity index (χ0) is 18.3. The maximum absolute atomic E-state index is 13.2. The first-order chi connectivity index (χ1) is 10.9. The van der Waals surface area contributed by atoms with Crippen LogP contribution in [0.15, 0.2) is 24.3 Å². The molecule has 0 saturated heterocycles. The SMILES string of the molecule is CCC(c1ccc(N)c(C)c1)n1nc(C(F)(F)F)cc1C(F)(F)F. The molecule has 1 aromatic heterocycles. The number of aromatic nitrogens is 2. The summed E-state index contributed by atoms with van der Waals surface area (Å²) >= 11 is 0. The smallest absolute Gasteiger partial charge is 0.399 e. The summed E-state index contributed by atoms with van der Waals surface area (Å²) in [4.78, 5) is 0. The van der Waals surface area contributed by atoms with Gasteiger partial charge in [-0.3, -0.25) is 4.68 Å². The molecule has 0 fully saturated rings. The van der Waals surface area contributed by atoms with Crippen LogP contribution in [0, 0.1) is 6.92 Å². The first-order valence-corrected chi connectivity index (χ1v) is 7.05. The first kappa shape index (κ1) is 18.2. The van der Waals surface area contributed by atoms with Crippen LogP contribution in [0.4, 0.5) is 32.0 Å². The highest BCUT2D eigenvalue weighted by Gasteiger charge is 2.43. The van der Waals surface area contributed by atoms with Crippen molar-refractivity contribution >= 4 is 5.69 Å². The summed E-state index contributed by atoms with van der Waals surface area (Å²) in [7, 11) is 0.